The van der Waals surface area contributed by atoms with Gasteiger partial charge in [0.2, 0.25) is 5.78 Å². The van der Waals surface area contributed by atoms with Crippen molar-refractivity contribution in [3.63, 3.8) is 0 Å². The Morgan fingerprint density at radius 2 is 1.59 bits per heavy atom. The summed E-state index contributed by atoms with van der Waals surface area (Å²) < 4.78 is 11.8. The largest absolute Gasteiger partial charge is 0.462 e. The molecule has 37 heavy (non-hydrogen) atoms. The van der Waals surface area contributed by atoms with Crippen LogP contribution in [0.3, 0.4) is 0 Å². The van der Waals surface area contributed by atoms with Gasteiger partial charge in [-0.25, -0.2) is 14.6 Å². The molecule has 0 N–H and O–H groups in total. The molecule has 0 unspecified atom stereocenters. The number of aromatic nitrogens is 2. The van der Waals surface area contributed by atoms with Crippen LogP contribution < -0.4 is 0 Å². The summed E-state index contributed by atoms with van der Waals surface area (Å²) in [6, 6.07) is 14.1. The van der Waals surface area contributed by atoms with E-state index in [1.54, 1.807) is 19.9 Å². The van der Waals surface area contributed by atoms with Gasteiger partial charge in [-0.2, -0.15) is 0 Å². The first-order valence-corrected chi connectivity index (χ1v) is 11.5. The average Bonchev–Trinajstić information content (AvgIpc) is 3.23. The molecular formula is C27H23N3O7. The van der Waals surface area contributed by atoms with Crippen LogP contribution >= 0.6 is 0 Å². The van der Waals surface area contributed by atoms with Gasteiger partial charge in [-0.15, -0.1) is 0 Å². The van der Waals surface area contributed by atoms with Crippen LogP contribution in [0.2, 0.25) is 0 Å². The Kier molecular flexibility index (Phi) is 7.10. The minimum Gasteiger partial charge on any atom is -0.462 e. The summed E-state index contributed by atoms with van der Waals surface area (Å²) in [7, 11) is 0. The lowest BCUT2D eigenvalue weighted by molar-refractivity contribution is -0.384. The highest BCUT2D eigenvalue weighted by atomic mass is 16.6. The van der Waals surface area contributed by atoms with E-state index in [9.17, 15) is 24.5 Å². The minimum atomic E-state index is -0.878. The molecule has 0 saturated heterocycles. The van der Waals surface area contributed by atoms with Crippen molar-refractivity contribution in [2.45, 2.75) is 20.8 Å². The van der Waals surface area contributed by atoms with E-state index in [0.29, 0.717) is 5.69 Å². The van der Waals surface area contributed by atoms with Crippen LogP contribution in [0, 0.1) is 17.0 Å². The minimum absolute atomic E-state index is 0.00520. The van der Waals surface area contributed by atoms with Crippen molar-refractivity contribution in [1.29, 1.82) is 0 Å². The van der Waals surface area contributed by atoms with Crippen LogP contribution in [-0.2, 0) is 9.47 Å². The summed E-state index contributed by atoms with van der Waals surface area (Å²) in [5.41, 5.74) is 1.87. The third-order valence-electron chi connectivity index (χ3n) is 5.66. The van der Waals surface area contributed by atoms with Gasteiger partial charge in [0.15, 0.2) is 0 Å². The highest BCUT2D eigenvalue weighted by Crippen LogP contribution is 2.31. The number of rotatable bonds is 8. The summed E-state index contributed by atoms with van der Waals surface area (Å²) in [6.07, 6.45) is 1.36. The second kappa shape index (κ2) is 10.4. The van der Waals surface area contributed by atoms with Crippen LogP contribution in [0.25, 0.3) is 16.8 Å². The van der Waals surface area contributed by atoms with Gasteiger partial charge < -0.3 is 9.47 Å². The summed E-state index contributed by atoms with van der Waals surface area (Å²) >= 11 is 0. The van der Waals surface area contributed by atoms with Crippen LogP contribution in [-0.4, -0.2) is 45.2 Å². The highest BCUT2D eigenvalue weighted by Gasteiger charge is 2.34. The van der Waals surface area contributed by atoms with Crippen molar-refractivity contribution in [3.05, 3.63) is 99.0 Å². The lowest BCUT2D eigenvalue weighted by atomic mass is 10.0. The van der Waals surface area contributed by atoms with Gasteiger partial charge in [0.05, 0.1) is 29.3 Å². The molecule has 4 aromatic rings. The Morgan fingerprint density at radius 3 is 2.19 bits per heavy atom. The number of carbonyl (C=O) groups is 3. The number of aryl methyl sites for hydroxylation is 1. The molecule has 2 heterocycles. The predicted molar refractivity (Wildman–Crippen MR) is 134 cm³/mol. The van der Waals surface area contributed by atoms with E-state index in [4.69, 9.17) is 9.47 Å². The molecule has 0 aliphatic carbocycles. The smallest absolute Gasteiger partial charge is 0.341 e. The van der Waals surface area contributed by atoms with Gasteiger partial charge in [-0.3, -0.25) is 19.3 Å². The number of hydrogen-bond donors (Lipinski definition) is 0. The average molecular weight is 501 g/mol. The van der Waals surface area contributed by atoms with Crippen LogP contribution in [0.15, 0.2) is 60.9 Å². The fraction of sp³-hybridized carbons (Fsp3) is 0.185. The molecule has 0 fully saturated rings. The van der Waals surface area contributed by atoms with Crippen molar-refractivity contribution in [3.8, 4) is 11.3 Å². The second-order valence-corrected chi connectivity index (χ2v) is 8.07. The van der Waals surface area contributed by atoms with Gasteiger partial charge in [-0.05, 0) is 45.0 Å². The van der Waals surface area contributed by atoms with E-state index >= 15 is 0 Å². The van der Waals surface area contributed by atoms with Crippen LogP contribution in [0.4, 0.5) is 5.69 Å². The topological polar surface area (TPSA) is 130 Å². The molecule has 0 aliphatic rings. The Labute approximate surface area is 211 Å². The molecule has 0 radical (unpaired) electrons. The first-order chi connectivity index (χ1) is 17.8. The van der Waals surface area contributed by atoms with Crippen molar-refractivity contribution in [2.24, 2.45) is 0 Å². The SMILES string of the molecule is CCOC(=O)c1c(C(=O)OCC)c2cc(-c3cccc(C)c3)ncn2c1C(=O)c1ccc([N+](=O)[O-])cc1. The molecule has 188 valence electrons. The Balaban J connectivity index is 2.02. The van der Waals surface area contributed by atoms with E-state index < -0.39 is 22.6 Å². The molecule has 4 rings (SSSR count). The Hall–Kier alpha value is -4.86. The maximum absolute atomic E-state index is 13.7. The van der Waals surface area contributed by atoms with Gasteiger partial charge in [0.1, 0.15) is 23.1 Å². The zero-order valence-corrected chi connectivity index (χ0v) is 20.4. The molecule has 0 spiro atoms. The molecule has 0 amide bonds. The lowest BCUT2D eigenvalue weighted by Gasteiger charge is -2.07. The third-order valence-corrected chi connectivity index (χ3v) is 5.66. The van der Waals surface area contributed by atoms with Gasteiger partial charge in [0, 0.05) is 23.3 Å². The number of ether oxygens (including phenoxy) is 2. The maximum atomic E-state index is 13.7. The number of ketones is 1. The summed E-state index contributed by atoms with van der Waals surface area (Å²) in [5.74, 6) is -2.32. The predicted octanol–water partition coefficient (Wildman–Crippen LogP) is 4.80. The molecule has 2 aromatic heterocycles. The molecule has 0 bridgehead atoms. The van der Waals surface area contributed by atoms with E-state index in [0.717, 1.165) is 11.1 Å². The van der Waals surface area contributed by atoms with Crippen molar-refractivity contribution in [1.82, 2.24) is 9.38 Å². The second-order valence-electron chi connectivity index (χ2n) is 8.07. The first kappa shape index (κ1) is 25.2. The molecule has 10 heteroatoms. The van der Waals surface area contributed by atoms with E-state index in [-0.39, 0.29) is 46.8 Å². The van der Waals surface area contributed by atoms with Crippen molar-refractivity contribution >= 4 is 28.9 Å². The number of carbonyl (C=O) groups excluding carboxylic acids is 3. The zero-order chi connectivity index (χ0) is 26.7. The van der Waals surface area contributed by atoms with Gasteiger partial charge in [0.25, 0.3) is 5.69 Å². The van der Waals surface area contributed by atoms with Crippen LogP contribution in [0.1, 0.15) is 56.2 Å². The van der Waals surface area contributed by atoms with Crippen LogP contribution in [0.5, 0.6) is 0 Å². The van der Waals surface area contributed by atoms with Gasteiger partial charge >= 0.3 is 11.9 Å². The molecule has 0 saturated carbocycles. The summed E-state index contributed by atoms with van der Waals surface area (Å²) in [5, 5.41) is 11.0. The van der Waals surface area contributed by atoms with E-state index in [2.05, 4.69) is 4.98 Å². The summed E-state index contributed by atoms with van der Waals surface area (Å²) in [6.45, 7) is 5.21. The molecule has 2 aromatic carbocycles. The van der Waals surface area contributed by atoms with Crippen molar-refractivity contribution < 1.29 is 28.8 Å². The van der Waals surface area contributed by atoms with E-state index in [1.165, 1.54) is 35.0 Å². The first-order valence-electron chi connectivity index (χ1n) is 11.5. The summed E-state index contributed by atoms with van der Waals surface area (Å²) in [4.78, 5) is 54.9. The Bertz CT molecular complexity index is 1540. The van der Waals surface area contributed by atoms with Gasteiger partial charge in [-0.1, -0.05) is 23.8 Å². The Morgan fingerprint density at radius 1 is 0.946 bits per heavy atom. The normalized spacial score (nSPS) is 10.8. The maximum Gasteiger partial charge on any atom is 0.341 e. The lowest BCUT2D eigenvalue weighted by Crippen LogP contribution is -2.16. The number of nitro benzene ring substituents is 1. The standard InChI is InChI=1S/C27H23N3O7/c1-4-36-26(32)22-21-14-20(18-8-6-7-16(3)13-18)28-15-29(21)24(23(22)27(33)37-5-2)25(31)17-9-11-19(12-10-17)30(34)35/h6-15H,4-5H2,1-3H3. The van der Waals surface area contributed by atoms with Crippen molar-refractivity contribution in [2.75, 3.05) is 13.2 Å². The zero-order valence-electron chi connectivity index (χ0n) is 20.4. The fourth-order valence-corrected chi connectivity index (χ4v) is 4.02. The number of benzene rings is 2. The number of non-ortho nitro benzene ring substituents is 1. The number of nitrogens with zero attached hydrogens (tertiary/aromatic N) is 3. The molecule has 0 aliphatic heterocycles. The number of nitro groups is 1. The molecule has 10 nitrogen and oxygen atoms in total. The monoisotopic (exact) mass is 501 g/mol. The van der Waals surface area contributed by atoms with E-state index in [1.807, 2.05) is 31.2 Å². The number of esters is 2. The quantitative estimate of drug-likeness (QED) is 0.146. The number of fused-ring (bicyclic) bond motifs is 1. The molecular weight excluding hydrogens is 478 g/mol. The fourth-order valence-electron chi connectivity index (χ4n) is 4.02. The highest BCUT2D eigenvalue weighted by molar-refractivity contribution is 6.20. The third kappa shape index (κ3) is 4.81. The molecule has 0 atom stereocenters. The number of hydrogen-bond acceptors (Lipinski definition) is 8.